The van der Waals surface area contributed by atoms with Crippen molar-refractivity contribution in [1.82, 2.24) is 9.97 Å². The molecule has 0 radical (unpaired) electrons. The van der Waals surface area contributed by atoms with E-state index in [1.807, 2.05) is 0 Å². The Morgan fingerprint density at radius 3 is 2.93 bits per heavy atom. The van der Waals surface area contributed by atoms with Crippen LogP contribution >= 0.6 is 0 Å². The zero-order valence-corrected chi connectivity index (χ0v) is 7.50. The summed E-state index contributed by atoms with van der Waals surface area (Å²) in [6, 6.07) is 0. The van der Waals surface area contributed by atoms with Crippen molar-refractivity contribution in [3.8, 4) is 0 Å². The first kappa shape index (κ1) is 10.4. The number of anilines is 2. The number of nitrogens with one attached hydrogen (secondary N) is 1. The van der Waals surface area contributed by atoms with Gasteiger partial charge in [-0.3, -0.25) is 4.79 Å². The Morgan fingerprint density at radius 1 is 1.71 bits per heavy atom. The predicted molar refractivity (Wildman–Crippen MR) is 48.5 cm³/mol. The number of halogens is 2. The second kappa shape index (κ2) is 4.03. The summed E-state index contributed by atoms with van der Waals surface area (Å²) >= 11 is 0. The smallest absolute Gasteiger partial charge is 0.276 e. The van der Waals surface area contributed by atoms with Gasteiger partial charge in [0.05, 0.1) is 12.9 Å². The van der Waals surface area contributed by atoms with Gasteiger partial charge in [-0.25, -0.2) is 13.8 Å². The van der Waals surface area contributed by atoms with Crippen molar-refractivity contribution in [2.24, 2.45) is 0 Å². The van der Waals surface area contributed by atoms with Crippen LogP contribution in [0.2, 0.25) is 0 Å². The van der Waals surface area contributed by atoms with Gasteiger partial charge < -0.3 is 15.6 Å². The van der Waals surface area contributed by atoms with Crippen molar-refractivity contribution in [3.05, 3.63) is 16.7 Å². The summed E-state index contributed by atoms with van der Waals surface area (Å²) in [5.74, 6) is 0.0639. The predicted octanol–water partition coefficient (Wildman–Crippen LogP) is 0.0534. The molecule has 0 aromatic carbocycles. The summed E-state index contributed by atoms with van der Waals surface area (Å²) in [6.45, 7) is -0.513. The molecular weight excluding hydrogens is 194 g/mol. The molecule has 14 heavy (non-hydrogen) atoms. The Labute approximate surface area is 78.6 Å². The SMILES string of the molecule is CN(CC(F)F)c1nc[nH]c(=O)c1N. The van der Waals surface area contributed by atoms with Gasteiger partial charge in [-0.15, -0.1) is 0 Å². The van der Waals surface area contributed by atoms with Crippen LogP contribution in [0.1, 0.15) is 0 Å². The average molecular weight is 204 g/mol. The number of aromatic nitrogens is 2. The van der Waals surface area contributed by atoms with E-state index in [4.69, 9.17) is 5.73 Å². The van der Waals surface area contributed by atoms with Crippen molar-refractivity contribution >= 4 is 11.5 Å². The Morgan fingerprint density at radius 2 is 2.36 bits per heavy atom. The molecule has 5 nitrogen and oxygen atoms in total. The maximum atomic E-state index is 12.0. The number of aromatic amines is 1. The van der Waals surface area contributed by atoms with Gasteiger partial charge in [0, 0.05) is 7.05 Å². The number of rotatable bonds is 3. The molecule has 0 aliphatic carbocycles. The third-order valence-corrected chi connectivity index (χ3v) is 1.64. The van der Waals surface area contributed by atoms with Crippen molar-refractivity contribution < 1.29 is 8.78 Å². The number of H-pyrrole nitrogens is 1. The number of nitrogen functional groups attached to an aromatic ring is 1. The largest absolute Gasteiger partial charge is 0.391 e. The summed E-state index contributed by atoms with van der Waals surface area (Å²) in [7, 11) is 1.39. The number of hydrogen-bond donors (Lipinski definition) is 2. The Bertz CT molecular complexity index is 365. The summed E-state index contributed by atoms with van der Waals surface area (Å²) in [6.07, 6.45) is -1.38. The molecular formula is C7H10F2N4O. The van der Waals surface area contributed by atoms with Crippen LogP contribution in [-0.4, -0.2) is 30.0 Å². The highest BCUT2D eigenvalue weighted by Crippen LogP contribution is 2.13. The lowest BCUT2D eigenvalue weighted by Crippen LogP contribution is -2.28. The van der Waals surface area contributed by atoms with Crippen molar-refractivity contribution in [1.29, 1.82) is 0 Å². The third kappa shape index (κ3) is 2.18. The van der Waals surface area contributed by atoms with E-state index in [2.05, 4.69) is 9.97 Å². The quantitative estimate of drug-likeness (QED) is 0.729. The summed E-state index contributed by atoms with van der Waals surface area (Å²) in [5.41, 5.74) is 4.68. The van der Waals surface area contributed by atoms with E-state index in [9.17, 15) is 13.6 Å². The van der Waals surface area contributed by atoms with E-state index in [0.29, 0.717) is 0 Å². The van der Waals surface area contributed by atoms with Crippen LogP contribution in [0.25, 0.3) is 0 Å². The van der Waals surface area contributed by atoms with Gasteiger partial charge in [0.1, 0.15) is 5.69 Å². The maximum Gasteiger partial charge on any atom is 0.276 e. The first-order valence-electron chi connectivity index (χ1n) is 3.85. The second-order valence-corrected chi connectivity index (χ2v) is 2.74. The lowest BCUT2D eigenvalue weighted by molar-refractivity contribution is 0.156. The standard InChI is InChI=1S/C7H10F2N4O/c1-13(2-4(8)9)6-5(10)7(14)12-3-11-6/h3-4H,2,10H2,1H3,(H,11,12,14). The normalized spacial score (nSPS) is 10.6. The zero-order valence-electron chi connectivity index (χ0n) is 7.50. The summed E-state index contributed by atoms with van der Waals surface area (Å²) < 4.78 is 24.0. The van der Waals surface area contributed by atoms with E-state index in [1.54, 1.807) is 0 Å². The van der Waals surface area contributed by atoms with Gasteiger partial charge in [-0.1, -0.05) is 0 Å². The highest BCUT2D eigenvalue weighted by molar-refractivity contribution is 5.60. The highest BCUT2D eigenvalue weighted by atomic mass is 19.3. The number of nitrogens with two attached hydrogens (primary N) is 1. The van der Waals surface area contributed by atoms with Crippen molar-refractivity contribution in [2.75, 3.05) is 24.2 Å². The zero-order chi connectivity index (χ0) is 10.7. The van der Waals surface area contributed by atoms with Crippen LogP contribution in [0.15, 0.2) is 11.1 Å². The van der Waals surface area contributed by atoms with Crippen LogP contribution < -0.4 is 16.2 Å². The van der Waals surface area contributed by atoms with Gasteiger partial charge >= 0.3 is 0 Å². The monoisotopic (exact) mass is 204 g/mol. The molecule has 0 saturated carbocycles. The molecule has 1 rings (SSSR count). The number of hydrogen-bond acceptors (Lipinski definition) is 4. The minimum atomic E-state index is -2.50. The van der Waals surface area contributed by atoms with Crippen LogP contribution in [0, 0.1) is 0 Å². The molecule has 0 saturated heterocycles. The molecule has 0 amide bonds. The van der Waals surface area contributed by atoms with Gasteiger partial charge in [0.15, 0.2) is 5.82 Å². The topological polar surface area (TPSA) is 75.0 Å². The lowest BCUT2D eigenvalue weighted by atomic mass is 10.4. The third-order valence-electron chi connectivity index (χ3n) is 1.64. The fourth-order valence-electron chi connectivity index (χ4n) is 0.999. The summed E-state index contributed by atoms with van der Waals surface area (Å²) in [4.78, 5) is 18.1. The van der Waals surface area contributed by atoms with Crippen molar-refractivity contribution in [3.63, 3.8) is 0 Å². The fraction of sp³-hybridized carbons (Fsp3) is 0.429. The molecule has 1 heterocycles. The van der Waals surface area contributed by atoms with E-state index in [0.717, 1.165) is 11.2 Å². The van der Waals surface area contributed by atoms with Crippen LogP contribution in [0.4, 0.5) is 20.3 Å². The van der Waals surface area contributed by atoms with Gasteiger partial charge in [0.2, 0.25) is 0 Å². The van der Waals surface area contributed by atoms with E-state index in [1.165, 1.54) is 7.05 Å². The molecule has 7 heteroatoms. The minimum Gasteiger partial charge on any atom is -0.391 e. The first-order valence-corrected chi connectivity index (χ1v) is 3.85. The first-order chi connectivity index (χ1) is 6.52. The van der Waals surface area contributed by atoms with Crippen LogP contribution in [0.5, 0.6) is 0 Å². The van der Waals surface area contributed by atoms with Gasteiger partial charge in [-0.2, -0.15) is 0 Å². The molecule has 1 aromatic rings. The molecule has 0 atom stereocenters. The Kier molecular flexibility index (Phi) is 3.00. The Balaban J connectivity index is 2.95. The van der Waals surface area contributed by atoms with E-state index >= 15 is 0 Å². The molecule has 0 fully saturated rings. The van der Waals surface area contributed by atoms with Crippen LogP contribution in [0.3, 0.4) is 0 Å². The summed E-state index contributed by atoms with van der Waals surface area (Å²) in [5, 5.41) is 0. The van der Waals surface area contributed by atoms with Crippen LogP contribution in [-0.2, 0) is 0 Å². The Hall–Kier alpha value is -1.66. The minimum absolute atomic E-state index is 0.0639. The van der Waals surface area contributed by atoms with Crippen molar-refractivity contribution in [2.45, 2.75) is 6.43 Å². The molecule has 0 bridgehead atoms. The second-order valence-electron chi connectivity index (χ2n) is 2.74. The van der Waals surface area contributed by atoms with Gasteiger partial charge in [0.25, 0.3) is 12.0 Å². The van der Waals surface area contributed by atoms with Gasteiger partial charge in [-0.05, 0) is 0 Å². The molecule has 0 aliphatic rings. The molecule has 3 N–H and O–H groups in total. The fourth-order valence-corrected chi connectivity index (χ4v) is 0.999. The number of nitrogens with zero attached hydrogens (tertiary/aromatic N) is 2. The average Bonchev–Trinajstić information content (AvgIpc) is 2.08. The molecule has 1 aromatic heterocycles. The van der Waals surface area contributed by atoms with E-state index in [-0.39, 0.29) is 11.5 Å². The molecule has 0 unspecified atom stereocenters. The highest BCUT2D eigenvalue weighted by Gasteiger charge is 2.13. The maximum absolute atomic E-state index is 12.0. The van der Waals surface area contributed by atoms with E-state index < -0.39 is 18.5 Å². The lowest BCUT2D eigenvalue weighted by Gasteiger charge is -2.17. The number of alkyl halides is 2. The molecule has 0 aliphatic heterocycles. The molecule has 0 spiro atoms. The molecule has 78 valence electrons.